The van der Waals surface area contributed by atoms with Crippen molar-refractivity contribution in [1.29, 1.82) is 0 Å². The molecule has 1 rings (SSSR count). The average Bonchev–Trinajstić information content (AvgIpc) is 2.36. The lowest BCUT2D eigenvalue weighted by molar-refractivity contribution is 0.294. The first-order chi connectivity index (χ1) is 9.08. The smallest absolute Gasteiger partial charge is 0.211 e. The molecule has 0 spiro atoms. The first-order valence-electron chi connectivity index (χ1n) is 5.70. The molecule has 1 aromatic rings. The van der Waals surface area contributed by atoms with Crippen molar-refractivity contribution in [3.63, 3.8) is 0 Å². The average molecular weight is 285 g/mol. The Kier molecular flexibility index (Phi) is 5.95. The number of methoxy groups -OCH3 is 1. The van der Waals surface area contributed by atoms with Crippen LogP contribution in [0.25, 0.3) is 0 Å². The fourth-order valence-corrected chi connectivity index (χ4v) is 1.59. The first-order valence-corrected chi connectivity index (χ1v) is 6.08. The van der Waals surface area contributed by atoms with E-state index in [4.69, 9.17) is 32.5 Å². The van der Waals surface area contributed by atoms with Gasteiger partial charge < -0.3 is 20.9 Å². The molecule has 0 radical (unpaired) electrons. The van der Waals surface area contributed by atoms with Gasteiger partial charge in [0.25, 0.3) is 0 Å². The maximum Gasteiger partial charge on any atom is 0.211 e. The molecule has 0 unspecified atom stereocenters. The summed E-state index contributed by atoms with van der Waals surface area (Å²) in [6.45, 7) is 2.58. The molecule has 0 saturated heterocycles. The Labute approximate surface area is 117 Å². The summed E-state index contributed by atoms with van der Waals surface area (Å²) in [6.07, 6.45) is 2.35. The van der Waals surface area contributed by atoms with Crippen molar-refractivity contribution in [1.82, 2.24) is 0 Å². The van der Waals surface area contributed by atoms with E-state index in [1.54, 1.807) is 19.2 Å². The Balaban J connectivity index is 3.01. The number of hydrogen-bond acceptors (Lipinski definition) is 4. The zero-order valence-electron chi connectivity index (χ0n) is 10.9. The normalized spacial score (nSPS) is 10.5. The Morgan fingerprint density at radius 2 is 2.16 bits per heavy atom. The molecule has 19 heavy (non-hydrogen) atoms. The highest BCUT2D eigenvalue weighted by molar-refractivity contribution is 6.32. The third kappa shape index (κ3) is 4.67. The molecule has 0 aliphatic rings. The van der Waals surface area contributed by atoms with Crippen molar-refractivity contribution in [3.05, 3.63) is 22.7 Å². The lowest BCUT2D eigenvalue weighted by Gasteiger charge is -2.12. The molecule has 4 N–H and O–H groups in total. The molecule has 0 aliphatic heterocycles. The van der Waals surface area contributed by atoms with Gasteiger partial charge in [-0.15, -0.1) is 5.10 Å². The second kappa shape index (κ2) is 7.48. The van der Waals surface area contributed by atoms with Crippen molar-refractivity contribution < 1.29 is 9.47 Å². The van der Waals surface area contributed by atoms with Gasteiger partial charge >= 0.3 is 0 Å². The SMILES string of the molecule is CCCOc1c(Cl)cc(C=NN=C(N)N)cc1OC. The predicted molar refractivity (Wildman–Crippen MR) is 77.2 cm³/mol. The third-order valence-corrected chi connectivity index (χ3v) is 2.36. The first kappa shape index (κ1) is 15.1. The number of benzene rings is 1. The van der Waals surface area contributed by atoms with Gasteiger partial charge in [-0.25, -0.2) is 0 Å². The number of nitrogens with zero attached hydrogens (tertiary/aromatic N) is 2. The summed E-state index contributed by atoms with van der Waals surface area (Å²) in [5.41, 5.74) is 11.0. The minimum Gasteiger partial charge on any atom is -0.493 e. The van der Waals surface area contributed by atoms with E-state index in [2.05, 4.69) is 10.2 Å². The molecule has 0 fully saturated rings. The van der Waals surface area contributed by atoms with Crippen LogP contribution < -0.4 is 20.9 Å². The Hall–Kier alpha value is -1.95. The second-order valence-corrected chi connectivity index (χ2v) is 4.06. The maximum atomic E-state index is 6.14. The van der Waals surface area contributed by atoms with Crippen LogP contribution in [-0.4, -0.2) is 25.9 Å². The van der Waals surface area contributed by atoms with E-state index in [1.807, 2.05) is 6.92 Å². The molecule has 0 bridgehead atoms. The van der Waals surface area contributed by atoms with Crippen LogP contribution in [0.1, 0.15) is 18.9 Å². The number of rotatable bonds is 6. The minimum absolute atomic E-state index is 0.114. The van der Waals surface area contributed by atoms with Crippen LogP contribution in [0.2, 0.25) is 5.02 Å². The molecular formula is C12H17ClN4O2. The van der Waals surface area contributed by atoms with Gasteiger partial charge in [-0.1, -0.05) is 18.5 Å². The van der Waals surface area contributed by atoms with Crippen molar-refractivity contribution in [3.8, 4) is 11.5 Å². The van der Waals surface area contributed by atoms with Crippen LogP contribution in [0.15, 0.2) is 22.3 Å². The van der Waals surface area contributed by atoms with Crippen molar-refractivity contribution in [2.45, 2.75) is 13.3 Å². The second-order valence-electron chi connectivity index (χ2n) is 3.65. The fourth-order valence-electron chi connectivity index (χ4n) is 1.32. The number of ether oxygens (including phenoxy) is 2. The topological polar surface area (TPSA) is 95.2 Å². The third-order valence-electron chi connectivity index (χ3n) is 2.08. The fraction of sp³-hybridized carbons (Fsp3) is 0.333. The van der Waals surface area contributed by atoms with E-state index in [0.717, 1.165) is 6.42 Å². The van der Waals surface area contributed by atoms with Gasteiger partial charge in [-0.2, -0.15) is 5.10 Å². The van der Waals surface area contributed by atoms with Crippen LogP contribution in [0.4, 0.5) is 0 Å². The Morgan fingerprint density at radius 3 is 2.74 bits per heavy atom. The lowest BCUT2D eigenvalue weighted by atomic mass is 10.2. The quantitative estimate of drug-likeness (QED) is 0.472. The Bertz CT molecular complexity index is 485. The van der Waals surface area contributed by atoms with Gasteiger partial charge in [0.15, 0.2) is 11.5 Å². The summed E-state index contributed by atoms with van der Waals surface area (Å²) in [7, 11) is 1.54. The van der Waals surface area contributed by atoms with E-state index in [9.17, 15) is 0 Å². The maximum absolute atomic E-state index is 6.14. The van der Waals surface area contributed by atoms with E-state index in [-0.39, 0.29) is 5.96 Å². The van der Waals surface area contributed by atoms with E-state index < -0.39 is 0 Å². The largest absolute Gasteiger partial charge is 0.493 e. The highest BCUT2D eigenvalue weighted by Crippen LogP contribution is 2.36. The molecular weight excluding hydrogens is 268 g/mol. The summed E-state index contributed by atoms with van der Waals surface area (Å²) in [5.74, 6) is 0.939. The molecule has 0 aromatic heterocycles. The van der Waals surface area contributed by atoms with Crippen LogP contribution in [0.3, 0.4) is 0 Å². The van der Waals surface area contributed by atoms with Gasteiger partial charge in [-0.05, 0) is 18.6 Å². The van der Waals surface area contributed by atoms with Crippen molar-refractivity contribution >= 4 is 23.8 Å². The minimum atomic E-state index is -0.114. The molecule has 1 aromatic carbocycles. The van der Waals surface area contributed by atoms with Gasteiger partial charge in [0, 0.05) is 5.56 Å². The van der Waals surface area contributed by atoms with Crippen LogP contribution >= 0.6 is 11.6 Å². The molecule has 0 aliphatic carbocycles. The Morgan fingerprint density at radius 1 is 1.42 bits per heavy atom. The van der Waals surface area contributed by atoms with Gasteiger partial charge in [-0.3, -0.25) is 0 Å². The monoisotopic (exact) mass is 284 g/mol. The molecule has 7 heteroatoms. The molecule has 104 valence electrons. The highest BCUT2D eigenvalue weighted by atomic mass is 35.5. The number of nitrogens with two attached hydrogens (primary N) is 2. The molecule has 0 amide bonds. The summed E-state index contributed by atoms with van der Waals surface area (Å²) in [6, 6.07) is 3.43. The van der Waals surface area contributed by atoms with Gasteiger partial charge in [0.1, 0.15) is 0 Å². The van der Waals surface area contributed by atoms with E-state index >= 15 is 0 Å². The van der Waals surface area contributed by atoms with Crippen molar-refractivity contribution in [2.75, 3.05) is 13.7 Å². The molecule has 0 saturated carbocycles. The summed E-state index contributed by atoms with van der Waals surface area (Å²) in [4.78, 5) is 0. The zero-order valence-corrected chi connectivity index (χ0v) is 11.6. The van der Waals surface area contributed by atoms with Crippen molar-refractivity contribution in [2.24, 2.45) is 21.7 Å². The molecule has 0 atom stereocenters. The standard InChI is InChI=1S/C12H17ClN4O2/c1-3-4-19-11-9(13)5-8(6-10(11)18-2)7-16-17-12(14)15/h5-7H,3-4H2,1-2H3,(H4,14,15,17). The zero-order chi connectivity index (χ0) is 14.3. The molecule has 6 nitrogen and oxygen atoms in total. The van der Waals surface area contributed by atoms with Gasteiger partial charge in [0.05, 0.1) is 25.0 Å². The number of guanidine groups is 1. The van der Waals surface area contributed by atoms with Crippen LogP contribution in [0.5, 0.6) is 11.5 Å². The number of hydrogen-bond donors (Lipinski definition) is 2. The molecule has 0 heterocycles. The van der Waals surface area contributed by atoms with Crippen LogP contribution in [-0.2, 0) is 0 Å². The predicted octanol–water partition coefficient (Wildman–Crippen LogP) is 1.74. The summed E-state index contributed by atoms with van der Waals surface area (Å²) < 4.78 is 10.8. The van der Waals surface area contributed by atoms with E-state index in [0.29, 0.717) is 28.7 Å². The summed E-state index contributed by atoms with van der Waals surface area (Å²) in [5, 5.41) is 7.65. The lowest BCUT2D eigenvalue weighted by Crippen LogP contribution is -2.21. The van der Waals surface area contributed by atoms with Crippen LogP contribution in [0, 0.1) is 0 Å². The number of halogens is 1. The summed E-state index contributed by atoms with van der Waals surface area (Å²) >= 11 is 6.14. The van der Waals surface area contributed by atoms with Gasteiger partial charge in [0.2, 0.25) is 5.96 Å². The highest BCUT2D eigenvalue weighted by Gasteiger charge is 2.11. The van der Waals surface area contributed by atoms with E-state index in [1.165, 1.54) is 6.21 Å².